The molecule has 0 saturated carbocycles. The fourth-order valence-electron chi connectivity index (χ4n) is 7.45. The zero-order valence-corrected chi connectivity index (χ0v) is 31.6. The lowest BCUT2D eigenvalue weighted by Gasteiger charge is -2.43. The molecule has 1 amide bonds. The highest BCUT2D eigenvalue weighted by Crippen LogP contribution is 2.31. The molecule has 2 bridgehead atoms. The lowest BCUT2D eigenvalue weighted by atomic mass is 9.86. The number of alkyl carbamates (subject to hydrolysis) is 1. The predicted octanol–water partition coefficient (Wildman–Crippen LogP) is 5.22. The number of fused-ring (bicyclic) bond motifs is 4. The molecule has 3 saturated heterocycles. The molecule has 3 aliphatic heterocycles. The fourth-order valence-corrected chi connectivity index (χ4v) is 7.45. The highest BCUT2D eigenvalue weighted by atomic mass is 16.6. The van der Waals surface area contributed by atoms with Crippen molar-refractivity contribution in [1.82, 2.24) is 20.5 Å². The molecule has 8 rings (SSSR count). The minimum absolute atomic E-state index is 0.0654. The van der Waals surface area contributed by atoms with Crippen LogP contribution in [-0.4, -0.2) is 90.8 Å². The van der Waals surface area contributed by atoms with Gasteiger partial charge in [0, 0.05) is 31.1 Å². The first-order valence-corrected chi connectivity index (χ1v) is 19.4. The normalized spacial score (nSPS) is 18.4. The molecule has 0 aliphatic carbocycles. The number of carbonyl (C=O) groups excluding carboxylic acids is 2. The average Bonchev–Trinajstić information content (AvgIpc) is 3.24. The van der Waals surface area contributed by atoms with Crippen molar-refractivity contribution in [1.29, 1.82) is 0 Å². The van der Waals surface area contributed by atoms with Gasteiger partial charge in [0.2, 0.25) is 5.56 Å². The van der Waals surface area contributed by atoms with E-state index in [2.05, 4.69) is 20.5 Å². The number of H-pyrrole nitrogens is 1. The van der Waals surface area contributed by atoms with Crippen LogP contribution in [0.15, 0.2) is 108 Å². The number of aromatic hydroxyl groups is 1. The molecular formula is C44H48N4O9. The SMILES string of the molecule is O=C(NC(c1ccccc1)c1cccc(OCc2ccc(C(=O)OCCOCCNCC(O)c3ccc(O)c4[nH]c(=O)ccc34)cc2)c1)OC1CN2CCC1CC2. The Morgan fingerprint density at radius 1 is 0.877 bits per heavy atom. The highest BCUT2D eigenvalue weighted by molar-refractivity contribution is 5.89. The molecule has 4 heterocycles. The van der Waals surface area contributed by atoms with Gasteiger partial charge in [0.15, 0.2) is 0 Å². The average molecular weight is 777 g/mol. The second-order valence-electron chi connectivity index (χ2n) is 14.4. The van der Waals surface area contributed by atoms with Gasteiger partial charge in [0.25, 0.3) is 0 Å². The maximum atomic E-state index is 13.2. The number of phenols is 1. The first-order valence-electron chi connectivity index (χ1n) is 19.4. The highest BCUT2D eigenvalue weighted by Gasteiger charge is 2.37. The van der Waals surface area contributed by atoms with E-state index in [4.69, 9.17) is 18.9 Å². The van der Waals surface area contributed by atoms with Gasteiger partial charge in [-0.2, -0.15) is 0 Å². The largest absolute Gasteiger partial charge is 0.506 e. The number of rotatable bonds is 17. The minimum atomic E-state index is -0.873. The van der Waals surface area contributed by atoms with Crippen LogP contribution < -0.4 is 20.9 Å². The lowest BCUT2D eigenvalue weighted by Crippen LogP contribution is -2.52. The number of amides is 1. The van der Waals surface area contributed by atoms with Crippen molar-refractivity contribution in [3.05, 3.63) is 141 Å². The Morgan fingerprint density at radius 3 is 2.44 bits per heavy atom. The Bertz CT molecular complexity index is 2170. The number of aliphatic hydroxyl groups excluding tert-OH is 1. The second-order valence-corrected chi connectivity index (χ2v) is 14.4. The summed E-state index contributed by atoms with van der Waals surface area (Å²) in [5.74, 6) is 0.526. The van der Waals surface area contributed by atoms with Crippen molar-refractivity contribution in [2.45, 2.75) is 37.7 Å². The van der Waals surface area contributed by atoms with Crippen molar-refractivity contribution in [3.63, 3.8) is 0 Å². The van der Waals surface area contributed by atoms with E-state index in [0.717, 1.165) is 49.2 Å². The van der Waals surface area contributed by atoms with Crippen molar-refractivity contribution in [2.24, 2.45) is 5.92 Å². The van der Waals surface area contributed by atoms with Crippen LogP contribution in [0.25, 0.3) is 10.9 Å². The molecule has 1 aromatic heterocycles. The second kappa shape index (κ2) is 18.9. The number of benzene rings is 4. The van der Waals surface area contributed by atoms with Crippen LogP contribution in [0.4, 0.5) is 4.79 Å². The quantitative estimate of drug-likeness (QED) is 0.0620. The van der Waals surface area contributed by atoms with E-state index >= 15 is 0 Å². The molecule has 0 spiro atoms. The number of esters is 1. The Hall–Kier alpha value is -5.73. The number of nitrogens with zero attached hydrogens (tertiary/aromatic N) is 1. The third-order valence-corrected chi connectivity index (χ3v) is 10.5. The summed E-state index contributed by atoms with van der Waals surface area (Å²) in [5.41, 5.74) is 3.58. The van der Waals surface area contributed by atoms with Gasteiger partial charge in [0.05, 0.1) is 36.4 Å². The smallest absolute Gasteiger partial charge is 0.408 e. The summed E-state index contributed by atoms with van der Waals surface area (Å²) in [6.07, 6.45) is 0.735. The number of phenolic OH excluding ortho intramolecular Hbond substituents is 1. The van der Waals surface area contributed by atoms with Crippen LogP contribution in [0.1, 0.15) is 57.6 Å². The maximum absolute atomic E-state index is 13.2. The van der Waals surface area contributed by atoms with Crippen LogP contribution in [0, 0.1) is 5.92 Å². The van der Waals surface area contributed by atoms with Crippen molar-refractivity contribution in [3.8, 4) is 11.5 Å². The molecular weight excluding hydrogens is 729 g/mol. The number of aromatic nitrogens is 1. The summed E-state index contributed by atoms with van der Waals surface area (Å²) in [4.78, 5) is 42.4. The molecule has 57 heavy (non-hydrogen) atoms. The Balaban J connectivity index is 0.825. The predicted molar refractivity (Wildman–Crippen MR) is 213 cm³/mol. The Labute approximate surface area is 330 Å². The first-order chi connectivity index (χ1) is 27.8. The van der Waals surface area contributed by atoms with E-state index in [1.807, 2.05) is 66.7 Å². The molecule has 3 atom stereocenters. The number of ether oxygens (including phenoxy) is 4. The Morgan fingerprint density at radius 2 is 1.67 bits per heavy atom. The van der Waals surface area contributed by atoms with Crippen molar-refractivity contribution >= 4 is 23.0 Å². The molecule has 3 fully saturated rings. The standard InChI is InChI=1S/C44H48N4O9/c49-37-15-13-35(36-14-16-40(51)46-42(36)37)38(50)26-45-19-22-54-23-24-55-43(52)32-11-9-29(10-12-32)28-56-34-8-4-7-33(25-34)41(31-5-2-1-3-6-31)47-44(53)57-39-27-48-20-17-30(39)18-21-48/h1-16,25,30,38-39,41,45,49-50H,17-24,26-28H2,(H,46,51)(H,47,53). The third-order valence-electron chi connectivity index (χ3n) is 10.5. The summed E-state index contributed by atoms with van der Waals surface area (Å²) in [6, 6.07) is 30.0. The van der Waals surface area contributed by atoms with Crippen molar-refractivity contribution in [2.75, 3.05) is 52.5 Å². The molecule has 0 radical (unpaired) electrons. The maximum Gasteiger partial charge on any atom is 0.408 e. The molecule has 3 unspecified atom stereocenters. The number of carbonyl (C=O) groups is 2. The zero-order chi connectivity index (χ0) is 39.6. The van der Waals surface area contributed by atoms with E-state index in [1.54, 1.807) is 24.3 Å². The number of pyridine rings is 1. The van der Waals surface area contributed by atoms with Gasteiger partial charge in [0.1, 0.15) is 30.8 Å². The molecule has 298 valence electrons. The lowest BCUT2D eigenvalue weighted by molar-refractivity contribution is -0.0336. The molecule has 13 heteroatoms. The summed E-state index contributed by atoms with van der Waals surface area (Å²) in [5, 5.41) is 27.5. The summed E-state index contributed by atoms with van der Waals surface area (Å²) >= 11 is 0. The summed E-state index contributed by atoms with van der Waals surface area (Å²) < 4.78 is 23.0. The summed E-state index contributed by atoms with van der Waals surface area (Å²) in [6.45, 7) is 4.51. The number of nitrogens with one attached hydrogen (secondary N) is 3. The van der Waals surface area contributed by atoms with Crippen LogP contribution in [0.5, 0.6) is 11.5 Å². The topological polar surface area (TPSA) is 172 Å². The first kappa shape index (κ1) is 39.5. The number of hydrogen-bond acceptors (Lipinski definition) is 11. The number of aliphatic hydroxyl groups is 1. The van der Waals surface area contributed by atoms with Crippen LogP contribution >= 0.6 is 0 Å². The molecule has 13 nitrogen and oxygen atoms in total. The van der Waals surface area contributed by atoms with Gasteiger partial charge in [-0.1, -0.05) is 60.7 Å². The molecule has 4 aromatic carbocycles. The van der Waals surface area contributed by atoms with E-state index in [1.165, 1.54) is 12.1 Å². The van der Waals surface area contributed by atoms with Gasteiger partial charge in [-0.25, -0.2) is 9.59 Å². The fraction of sp³-hybridized carbons (Fsp3) is 0.341. The number of piperidine rings is 3. The Kier molecular flexibility index (Phi) is 13.1. The van der Waals surface area contributed by atoms with Crippen LogP contribution in [-0.2, 0) is 20.8 Å². The van der Waals surface area contributed by atoms with Crippen LogP contribution in [0.2, 0.25) is 0 Å². The van der Waals surface area contributed by atoms with Gasteiger partial charge in [-0.05, 0) is 90.5 Å². The van der Waals surface area contributed by atoms with Gasteiger partial charge in [-0.15, -0.1) is 0 Å². The van der Waals surface area contributed by atoms with E-state index in [-0.39, 0.29) is 49.3 Å². The van der Waals surface area contributed by atoms with Gasteiger partial charge < -0.3 is 44.8 Å². The van der Waals surface area contributed by atoms with E-state index < -0.39 is 24.2 Å². The number of aromatic amines is 1. The van der Waals surface area contributed by atoms with Crippen molar-refractivity contribution < 1.29 is 38.7 Å². The molecule has 5 N–H and O–H groups in total. The zero-order valence-electron chi connectivity index (χ0n) is 31.6. The molecule has 5 aromatic rings. The van der Waals surface area contributed by atoms with Gasteiger partial charge in [-0.3, -0.25) is 9.69 Å². The molecule has 3 aliphatic rings. The minimum Gasteiger partial charge on any atom is -0.506 e. The monoisotopic (exact) mass is 776 g/mol. The third kappa shape index (κ3) is 10.4. The number of hydrogen-bond donors (Lipinski definition) is 5. The van der Waals surface area contributed by atoms with Gasteiger partial charge >= 0.3 is 12.1 Å². The van der Waals surface area contributed by atoms with Crippen LogP contribution in [0.3, 0.4) is 0 Å². The van der Waals surface area contributed by atoms with E-state index in [0.29, 0.717) is 41.3 Å². The van der Waals surface area contributed by atoms with E-state index in [9.17, 15) is 24.6 Å². The summed E-state index contributed by atoms with van der Waals surface area (Å²) in [7, 11) is 0.